The first-order chi connectivity index (χ1) is 24.0. The molecule has 0 heterocycles. The maximum atomic E-state index is 12.0. The average Bonchev–Trinajstić information content (AvgIpc) is 3.02. The summed E-state index contributed by atoms with van der Waals surface area (Å²) in [5, 5.41) is 0. The van der Waals surface area contributed by atoms with Gasteiger partial charge >= 0.3 is 23.9 Å². The van der Waals surface area contributed by atoms with Crippen molar-refractivity contribution in [1.29, 1.82) is 0 Å². The molecular formula is C32H54Br4O16. The van der Waals surface area contributed by atoms with E-state index in [-0.39, 0.29) is 99.8 Å². The van der Waals surface area contributed by atoms with Crippen LogP contribution in [0.4, 0.5) is 0 Å². The molecule has 0 aromatic rings. The first-order valence-electron chi connectivity index (χ1n) is 16.1. The largest absolute Gasteiger partial charge is 0.462 e. The Labute approximate surface area is 340 Å². The molecule has 0 aromatic carbocycles. The van der Waals surface area contributed by atoms with Crippen molar-refractivity contribution in [2.24, 2.45) is 0 Å². The Bertz CT molecular complexity index is 938. The Morgan fingerprint density at radius 3 is 0.827 bits per heavy atom. The molecule has 0 amide bonds. The highest BCUT2D eigenvalue weighted by atomic mass is 79.9. The molecule has 0 radical (unpaired) electrons. The number of ether oxygens (including phenoxy) is 12. The van der Waals surface area contributed by atoms with E-state index in [9.17, 15) is 19.2 Å². The molecule has 52 heavy (non-hydrogen) atoms. The first-order valence-corrected chi connectivity index (χ1v) is 19.3. The smallest absolute Gasteiger partial charge is 0.322 e. The van der Waals surface area contributed by atoms with E-state index in [0.717, 1.165) is 0 Å². The summed E-state index contributed by atoms with van der Waals surface area (Å²) in [4.78, 5) is 47.8. The lowest BCUT2D eigenvalue weighted by Crippen LogP contribution is -2.48. The van der Waals surface area contributed by atoms with E-state index in [1.807, 2.05) is 0 Å². The standard InChI is InChI=1S/C32H54Br4O16/c1-28(2,33)24(37)48-13-9-41-20-45-17-32(52-23-44-12-16-51-27(40)31(7,8)36,18-46-21-42-10-14-49-25(38)29(3,4)34)19-47-22-43-11-15-50-26(39)30(5,6)35/h9-23H2,1-8H3. The minimum Gasteiger partial charge on any atom is -0.462 e. The number of carbonyl (C=O) groups excluding carboxylic acids is 4. The summed E-state index contributed by atoms with van der Waals surface area (Å²) in [6.45, 7) is 12.3. The summed E-state index contributed by atoms with van der Waals surface area (Å²) < 4.78 is 62.5. The Kier molecular flexibility index (Phi) is 26.1. The zero-order valence-corrected chi connectivity index (χ0v) is 37.5. The second kappa shape index (κ2) is 26.4. The second-order valence-corrected chi connectivity index (χ2v) is 20.8. The van der Waals surface area contributed by atoms with Crippen LogP contribution < -0.4 is 0 Å². The zero-order valence-electron chi connectivity index (χ0n) is 31.2. The van der Waals surface area contributed by atoms with Crippen molar-refractivity contribution in [3.63, 3.8) is 0 Å². The van der Waals surface area contributed by atoms with E-state index in [1.165, 1.54) is 0 Å². The third-order valence-electron chi connectivity index (χ3n) is 5.83. The van der Waals surface area contributed by atoms with Gasteiger partial charge in [-0.25, -0.2) is 0 Å². The molecule has 0 saturated carbocycles. The maximum absolute atomic E-state index is 12.0. The van der Waals surface area contributed by atoms with Crippen molar-refractivity contribution < 1.29 is 76.0 Å². The lowest BCUT2D eigenvalue weighted by atomic mass is 10.1. The molecule has 0 rings (SSSR count). The van der Waals surface area contributed by atoms with Crippen molar-refractivity contribution in [3.8, 4) is 0 Å². The van der Waals surface area contributed by atoms with Gasteiger partial charge in [-0.3, -0.25) is 19.2 Å². The van der Waals surface area contributed by atoms with Gasteiger partial charge in [-0.2, -0.15) is 0 Å². The summed E-state index contributed by atoms with van der Waals surface area (Å²) >= 11 is 13.0. The van der Waals surface area contributed by atoms with Crippen LogP contribution in [0.5, 0.6) is 0 Å². The normalized spacial score (nSPS) is 12.8. The molecule has 20 heteroatoms. The average molecular weight is 1010 g/mol. The fraction of sp³-hybridized carbons (Fsp3) is 0.875. The van der Waals surface area contributed by atoms with Crippen LogP contribution in [0.2, 0.25) is 0 Å². The number of hydrogen-bond acceptors (Lipinski definition) is 16. The van der Waals surface area contributed by atoms with Crippen LogP contribution in [0.15, 0.2) is 0 Å². The number of rotatable bonds is 31. The predicted molar refractivity (Wildman–Crippen MR) is 201 cm³/mol. The van der Waals surface area contributed by atoms with Crippen LogP contribution in [0.25, 0.3) is 0 Å². The number of hydrogen-bond donors (Lipinski definition) is 0. The van der Waals surface area contributed by atoms with Gasteiger partial charge in [-0.05, 0) is 55.4 Å². The molecule has 0 saturated heterocycles. The summed E-state index contributed by atoms with van der Waals surface area (Å²) in [6, 6.07) is 0. The van der Waals surface area contributed by atoms with Crippen LogP contribution >= 0.6 is 63.7 Å². The van der Waals surface area contributed by atoms with Crippen LogP contribution in [-0.2, 0) is 76.0 Å². The summed E-state index contributed by atoms with van der Waals surface area (Å²) in [7, 11) is 0. The van der Waals surface area contributed by atoms with E-state index >= 15 is 0 Å². The molecule has 0 spiro atoms. The second-order valence-electron chi connectivity index (χ2n) is 12.9. The molecule has 306 valence electrons. The summed E-state index contributed by atoms with van der Waals surface area (Å²) in [6.07, 6.45) is 0. The molecule has 0 atom stereocenters. The van der Waals surface area contributed by atoms with Gasteiger partial charge < -0.3 is 56.8 Å². The molecule has 0 N–H and O–H groups in total. The third-order valence-corrected chi connectivity index (χ3v) is 7.12. The van der Waals surface area contributed by atoms with Crippen LogP contribution in [-0.4, -0.2) is 147 Å². The molecule has 16 nitrogen and oxygen atoms in total. The number of esters is 4. The monoisotopic (exact) mass is 1010 g/mol. The van der Waals surface area contributed by atoms with Crippen molar-refractivity contribution in [1.82, 2.24) is 0 Å². The van der Waals surface area contributed by atoms with E-state index < -0.39 is 46.8 Å². The maximum Gasteiger partial charge on any atom is 0.322 e. The summed E-state index contributed by atoms with van der Waals surface area (Å²) in [5.74, 6) is -1.78. The Hall–Kier alpha value is -0.520. The van der Waals surface area contributed by atoms with E-state index in [4.69, 9.17) is 56.8 Å². The Morgan fingerprint density at radius 2 is 0.596 bits per heavy atom. The molecule has 0 aliphatic rings. The molecule has 0 fully saturated rings. The Morgan fingerprint density at radius 1 is 0.365 bits per heavy atom. The van der Waals surface area contributed by atoms with Gasteiger partial charge in [0.25, 0.3) is 0 Å². The van der Waals surface area contributed by atoms with E-state index in [1.54, 1.807) is 55.4 Å². The van der Waals surface area contributed by atoms with Gasteiger partial charge in [-0.15, -0.1) is 0 Å². The molecular weight excluding hydrogens is 960 g/mol. The van der Waals surface area contributed by atoms with Crippen molar-refractivity contribution >= 4 is 87.6 Å². The fourth-order valence-electron chi connectivity index (χ4n) is 2.97. The first kappa shape index (κ1) is 51.5. The van der Waals surface area contributed by atoms with Crippen LogP contribution in [0, 0.1) is 0 Å². The van der Waals surface area contributed by atoms with Gasteiger partial charge in [0.15, 0.2) is 0 Å². The molecule has 0 aromatic heterocycles. The van der Waals surface area contributed by atoms with Crippen molar-refractivity contribution in [2.75, 3.05) is 99.8 Å². The predicted octanol–water partition coefficient (Wildman–Crippen LogP) is 4.55. The molecule has 0 aliphatic carbocycles. The fourth-order valence-corrected chi connectivity index (χ4v) is 3.43. The van der Waals surface area contributed by atoms with Gasteiger partial charge in [0.2, 0.25) is 0 Å². The minimum atomic E-state index is -1.31. The minimum absolute atomic E-state index is 0.00926. The van der Waals surface area contributed by atoms with Gasteiger partial charge in [-0.1, -0.05) is 63.7 Å². The topological polar surface area (TPSA) is 179 Å². The SMILES string of the molecule is CC(C)(Br)C(=O)OCCOCOCC(COCOCCOC(=O)C(C)(C)Br)(COCOCCOC(=O)C(C)(C)Br)OCOCCOC(=O)C(C)(C)Br. The molecule has 0 aliphatic heterocycles. The number of carbonyl (C=O) groups is 4. The van der Waals surface area contributed by atoms with Crippen LogP contribution in [0.3, 0.4) is 0 Å². The highest BCUT2D eigenvalue weighted by molar-refractivity contribution is 9.10. The molecule has 0 bridgehead atoms. The van der Waals surface area contributed by atoms with Crippen molar-refractivity contribution in [2.45, 2.75) is 78.3 Å². The number of halogens is 4. The van der Waals surface area contributed by atoms with E-state index in [0.29, 0.717) is 0 Å². The quantitative estimate of drug-likeness (QED) is 0.0310. The Balaban J connectivity index is 5.33. The van der Waals surface area contributed by atoms with Crippen LogP contribution in [0.1, 0.15) is 55.4 Å². The number of alkyl halides is 4. The van der Waals surface area contributed by atoms with Gasteiger partial charge in [0.05, 0.1) is 46.2 Å². The van der Waals surface area contributed by atoms with Gasteiger partial charge in [0.1, 0.15) is 76.5 Å². The lowest BCUT2D eigenvalue weighted by Gasteiger charge is -2.33. The third kappa shape index (κ3) is 26.3. The highest BCUT2D eigenvalue weighted by Crippen LogP contribution is 2.20. The van der Waals surface area contributed by atoms with Crippen molar-refractivity contribution in [3.05, 3.63) is 0 Å². The van der Waals surface area contributed by atoms with Gasteiger partial charge in [0, 0.05) is 0 Å². The summed E-state index contributed by atoms with van der Waals surface area (Å²) in [5.41, 5.74) is -1.31. The molecule has 0 unspecified atom stereocenters. The van der Waals surface area contributed by atoms with E-state index in [2.05, 4.69) is 63.7 Å². The highest BCUT2D eigenvalue weighted by Gasteiger charge is 2.34. The lowest BCUT2D eigenvalue weighted by molar-refractivity contribution is -0.239. The zero-order chi connectivity index (χ0) is 39.9.